The first-order valence-electron chi connectivity index (χ1n) is 4.64. The van der Waals surface area contributed by atoms with Crippen LogP contribution in [0.2, 0.25) is 0 Å². The minimum atomic E-state index is -3.77. The van der Waals surface area contributed by atoms with Gasteiger partial charge in [-0.1, -0.05) is 0 Å². The van der Waals surface area contributed by atoms with Crippen LogP contribution >= 0.6 is 0 Å². The normalized spacial score (nSPS) is 27.5. The molecule has 6 nitrogen and oxygen atoms in total. The van der Waals surface area contributed by atoms with E-state index in [-0.39, 0.29) is 6.61 Å². The number of carboxylic acids is 1. The third kappa shape index (κ3) is 4.15. The Morgan fingerprint density at radius 2 is 2.27 bits per heavy atom. The fraction of sp³-hybridized carbons (Fsp3) is 0.875. The van der Waals surface area contributed by atoms with Gasteiger partial charge >= 0.3 is 5.97 Å². The summed E-state index contributed by atoms with van der Waals surface area (Å²) in [6.45, 7) is 2.62. The van der Waals surface area contributed by atoms with E-state index in [4.69, 9.17) is 9.84 Å². The SMILES string of the molecule is CC1(NS(=O)(=O)CC(=O)O)CCCOC1. The van der Waals surface area contributed by atoms with Gasteiger partial charge < -0.3 is 9.84 Å². The molecule has 1 heterocycles. The molecule has 0 saturated carbocycles. The van der Waals surface area contributed by atoms with Crippen LogP contribution in [0, 0.1) is 0 Å². The minimum absolute atomic E-state index is 0.284. The average Bonchev–Trinajstić information content (AvgIpc) is 1.99. The molecule has 1 atom stereocenters. The quantitative estimate of drug-likeness (QED) is 0.691. The standard InChI is InChI=1S/C8H15NO5S/c1-8(3-2-4-14-6-8)9-15(12,13)5-7(10)11/h9H,2-6H2,1H3,(H,10,11). The summed E-state index contributed by atoms with van der Waals surface area (Å²) in [6, 6.07) is 0. The molecule has 1 fully saturated rings. The first-order valence-corrected chi connectivity index (χ1v) is 6.29. The van der Waals surface area contributed by atoms with Crippen molar-refractivity contribution in [1.82, 2.24) is 4.72 Å². The number of carboxylic acid groups (broad SMARTS) is 1. The number of aliphatic carboxylic acids is 1. The number of rotatable bonds is 4. The number of hydrogen-bond donors (Lipinski definition) is 2. The molecule has 1 rings (SSSR count). The Morgan fingerprint density at radius 1 is 1.60 bits per heavy atom. The van der Waals surface area contributed by atoms with E-state index in [0.29, 0.717) is 13.0 Å². The van der Waals surface area contributed by atoms with Gasteiger partial charge in [0.15, 0.2) is 5.75 Å². The second-order valence-corrected chi connectivity index (χ2v) is 5.69. The van der Waals surface area contributed by atoms with Crippen molar-refractivity contribution in [3.63, 3.8) is 0 Å². The van der Waals surface area contributed by atoms with E-state index in [1.807, 2.05) is 0 Å². The molecular formula is C8H15NO5S. The summed E-state index contributed by atoms with van der Waals surface area (Å²) in [5.41, 5.74) is -0.674. The van der Waals surface area contributed by atoms with Gasteiger partial charge in [-0.05, 0) is 19.8 Å². The van der Waals surface area contributed by atoms with Crippen LogP contribution in [0.15, 0.2) is 0 Å². The lowest BCUT2D eigenvalue weighted by molar-refractivity contribution is -0.134. The van der Waals surface area contributed by atoms with Crippen molar-refractivity contribution in [1.29, 1.82) is 0 Å². The van der Waals surface area contributed by atoms with Gasteiger partial charge in [-0.2, -0.15) is 0 Å². The average molecular weight is 237 g/mol. The monoisotopic (exact) mass is 237 g/mol. The largest absolute Gasteiger partial charge is 0.480 e. The van der Waals surface area contributed by atoms with Crippen molar-refractivity contribution in [3.8, 4) is 0 Å². The summed E-state index contributed by atoms with van der Waals surface area (Å²) in [6.07, 6.45) is 1.43. The Balaban J connectivity index is 2.62. The molecule has 0 radical (unpaired) electrons. The fourth-order valence-corrected chi connectivity index (χ4v) is 2.90. The second-order valence-electron chi connectivity index (χ2n) is 3.97. The van der Waals surface area contributed by atoms with Crippen LogP contribution in [0.5, 0.6) is 0 Å². The molecule has 15 heavy (non-hydrogen) atoms. The summed E-state index contributed by atoms with van der Waals surface area (Å²) in [5.74, 6) is -2.26. The maximum Gasteiger partial charge on any atom is 0.320 e. The number of nitrogens with one attached hydrogen (secondary N) is 1. The lowest BCUT2D eigenvalue weighted by Gasteiger charge is -2.33. The molecular weight excluding hydrogens is 222 g/mol. The maximum atomic E-state index is 11.4. The van der Waals surface area contributed by atoms with Crippen molar-refractivity contribution >= 4 is 16.0 Å². The molecule has 0 aliphatic carbocycles. The van der Waals surface area contributed by atoms with E-state index in [9.17, 15) is 13.2 Å². The Bertz CT molecular complexity index is 331. The molecule has 7 heteroatoms. The second kappa shape index (κ2) is 4.46. The Morgan fingerprint density at radius 3 is 2.73 bits per heavy atom. The zero-order valence-corrected chi connectivity index (χ0v) is 9.34. The molecule has 0 aromatic rings. The number of carbonyl (C=O) groups is 1. The van der Waals surface area contributed by atoms with Crippen molar-refractivity contribution < 1.29 is 23.1 Å². The topological polar surface area (TPSA) is 92.7 Å². The van der Waals surface area contributed by atoms with Crippen LogP contribution in [-0.4, -0.2) is 44.0 Å². The Kier molecular flexibility index (Phi) is 3.69. The molecule has 1 aliphatic heterocycles. The van der Waals surface area contributed by atoms with Gasteiger partial charge in [0.2, 0.25) is 10.0 Å². The lowest BCUT2D eigenvalue weighted by Crippen LogP contribution is -2.52. The Hall–Kier alpha value is -0.660. The molecule has 88 valence electrons. The molecule has 0 spiro atoms. The predicted octanol–water partition coefficient (Wildman–Crippen LogP) is -0.440. The van der Waals surface area contributed by atoms with Crippen LogP contribution in [-0.2, 0) is 19.6 Å². The first kappa shape index (κ1) is 12.4. The molecule has 0 aromatic heterocycles. The number of sulfonamides is 1. The van der Waals surface area contributed by atoms with Gasteiger partial charge in [0.25, 0.3) is 0 Å². The molecule has 0 aromatic carbocycles. The highest BCUT2D eigenvalue weighted by Crippen LogP contribution is 2.19. The van der Waals surface area contributed by atoms with Crippen molar-refractivity contribution in [2.24, 2.45) is 0 Å². The Labute approximate surface area is 88.7 Å². The van der Waals surface area contributed by atoms with E-state index in [1.54, 1.807) is 6.92 Å². The van der Waals surface area contributed by atoms with Crippen LogP contribution in [0.3, 0.4) is 0 Å². The first-order chi connectivity index (χ1) is 6.83. The lowest BCUT2D eigenvalue weighted by atomic mass is 9.97. The highest BCUT2D eigenvalue weighted by Gasteiger charge is 2.32. The number of hydrogen-bond acceptors (Lipinski definition) is 4. The summed E-state index contributed by atoms with van der Waals surface area (Å²) in [5, 5.41) is 8.41. The van der Waals surface area contributed by atoms with E-state index < -0.39 is 27.3 Å². The zero-order chi connectivity index (χ0) is 11.5. The molecule has 2 N–H and O–H groups in total. The van der Waals surface area contributed by atoms with Crippen LogP contribution in [0.25, 0.3) is 0 Å². The maximum absolute atomic E-state index is 11.4. The van der Waals surface area contributed by atoms with Crippen molar-refractivity contribution in [2.75, 3.05) is 19.0 Å². The smallest absolute Gasteiger partial charge is 0.320 e. The highest BCUT2D eigenvalue weighted by atomic mass is 32.2. The minimum Gasteiger partial charge on any atom is -0.480 e. The van der Waals surface area contributed by atoms with E-state index >= 15 is 0 Å². The van der Waals surface area contributed by atoms with Gasteiger partial charge in [0.05, 0.1) is 12.1 Å². The summed E-state index contributed by atoms with van der Waals surface area (Å²) in [7, 11) is -3.77. The van der Waals surface area contributed by atoms with Crippen LogP contribution in [0.1, 0.15) is 19.8 Å². The summed E-state index contributed by atoms with van der Waals surface area (Å²) < 4.78 is 30.3. The molecule has 1 unspecified atom stereocenters. The van der Waals surface area contributed by atoms with Gasteiger partial charge in [-0.15, -0.1) is 0 Å². The van der Waals surface area contributed by atoms with Gasteiger partial charge in [0, 0.05) is 6.61 Å². The van der Waals surface area contributed by atoms with Gasteiger partial charge in [0.1, 0.15) is 0 Å². The molecule has 0 bridgehead atoms. The number of ether oxygens (including phenoxy) is 1. The predicted molar refractivity (Wildman–Crippen MR) is 53.0 cm³/mol. The highest BCUT2D eigenvalue weighted by molar-refractivity contribution is 7.90. The molecule has 1 saturated heterocycles. The summed E-state index contributed by atoms with van der Waals surface area (Å²) >= 11 is 0. The molecule has 1 aliphatic rings. The third-order valence-corrected chi connectivity index (χ3v) is 3.58. The van der Waals surface area contributed by atoms with Gasteiger partial charge in [-0.3, -0.25) is 4.79 Å². The van der Waals surface area contributed by atoms with E-state index in [0.717, 1.165) is 6.42 Å². The third-order valence-electron chi connectivity index (χ3n) is 2.15. The molecule has 0 amide bonds. The summed E-state index contributed by atoms with van der Waals surface area (Å²) in [4.78, 5) is 10.3. The zero-order valence-electron chi connectivity index (χ0n) is 8.52. The van der Waals surface area contributed by atoms with Crippen molar-refractivity contribution in [2.45, 2.75) is 25.3 Å². The van der Waals surface area contributed by atoms with Crippen LogP contribution < -0.4 is 4.72 Å². The van der Waals surface area contributed by atoms with Gasteiger partial charge in [-0.25, -0.2) is 13.1 Å². The fourth-order valence-electron chi connectivity index (χ4n) is 1.59. The van der Waals surface area contributed by atoms with E-state index in [2.05, 4.69) is 4.72 Å². The van der Waals surface area contributed by atoms with Crippen LogP contribution in [0.4, 0.5) is 0 Å². The van der Waals surface area contributed by atoms with E-state index in [1.165, 1.54) is 0 Å². The van der Waals surface area contributed by atoms with Crippen molar-refractivity contribution in [3.05, 3.63) is 0 Å².